The van der Waals surface area contributed by atoms with Crippen LogP contribution in [-0.2, 0) is 4.79 Å². The molecule has 1 aliphatic rings. The lowest BCUT2D eigenvalue weighted by atomic mass is 9.95. The van der Waals surface area contributed by atoms with Crippen molar-refractivity contribution >= 4 is 17.5 Å². The van der Waals surface area contributed by atoms with Crippen LogP contribution in [0.25, 0.3) is 0 Å². The molecule has 0 aliphatic carbocycles. The van der Waals surface area contributed by atoms with Crippen molar-refractivity contribution in [1.29, 1.82) is 0 Å². The molecule has 1 atom stereocenters. The maximum atomic E-state index is 11.3. The van der Waals surface area contributed by atoms with E-state index in [1.54, 1.807) is 0 Å². The molecule has 0 N–H and O–H groups in total. The third kappa shape index (κ3) is 3.16. The molecule has 0 aromatic rings. The fourth-order valence-corrected chi connectivity index (χ4v) is 2.06. The van der Waals surface area contributed by atoms with Crippen molar-refractivity contribution in [2.24, 2.45) is 0 Å². The SMILES string of the molecule is CCCCCC1CC(=O)N1CCCCl. The average Bonchev–Trinajstić information content (AvgIpc) is 2.17. The van der Waals surface area contributed by atoms with Gasteiger partial charge in [0.05, 0.1) is 0 Å². The first-order chi connectivity index (χ1) is 6.79. The molecule has 0 aromatic heterocycles. The Morgan fingerprint density at radius 2 is 2.21 bits per heavy atom. The molecule has 14 heavy (non-hydrogen) atoms. The van der Waals surface area contributed by atoms with Crippen LogP contribution < -0.4 is 0 Å². The number of rotatable bonds is 7. The monoisotopic (exact) mass is 217 g/mol. The fraction of sp³-hybridized carbons (Fsp3) is 0.909. The number of β-lactam (4-membered cyclic amide) rings is 1. The van der Waals surface area contributed by atoms with Crippen LogP contribution in [-0.4, -0.2) is 29.3 Å². The largest absolute Gasteiger partial charge is 0.339 e. The van der Waals surface area contributed by atoms with E-state index in [2.05, 4.69) is 6.92 Å². The van der Waals surface area contributed by atoms with Crippen molar-refractivity contribution in [2.45, 2.75) is 51.5 Å². The van der Waals surface area contributed by atoms with E-state index >= 15 is 0 Å². The summed E-state index contributed by atoms with van der Waals surface area (Å²) in [7, 11) is 0. The molecule has 0 radical (unpaired) electrons. The number of carbonyl (C=O) groups is 1. The summed E-state index contributed by atoms with van der Waals surface area (Å²) in [4.78, 5) is 13.3. The van der Waals surface area contributed by atoms with E-state index in [9.17, 15) is 4.79 Å². The Hall–Kier alpha value is -0.240. The predicted octanol–water partition coefficient (Wildman–Crippen LogP) is 2.80. The van der Waals surface area contributed by atoms with Gasteiger partial charge in [-0.15, -0.1) is 11.6 Å². The fourth-order valence-electron chi connectivity index (χ4n) is 1.95. The van der Waals surface area contributed by atoms with Crippen LogP contribution in [0, 0.1) is 0 Å². The third-order valence-corrected chi connectivity index (χ3v) is 3.11. The lowest BCUT2D eigenvalue weighted by Crippen LogP contribution is -2.52. The van der Waals surface area contributed by atoms with Gasteiger partial charge in [0, 0.05) is 24.9 Å². The van der Waals surface area contributed by atoms with Crippen molar-refractivity contribution in [3.63, 3.8) is 0 Å². The highest BCUT2D eigenvalue weighted by molar-refractivity contribution is 6.17. The zero-order valence-electron chi connectivity index (χ0n) is 8.97. The summed E-state index contributed by atoms with van der Waals surface area (Å²) < 4.78 is 0. The molecule has 2 nitrogen and oxygen atoms in total. The smallest absolute Gasteiger partial charge is 0.224 e. The van der Waals surface area contributed by atoms with E-state index in [1.165, 1.54) is 25.7 Å². The van der Waals surface area contributed by atoms with Gasteiger partial charge >= 0.3 is 0 Å². The molecular formula is C11H20ClNO. The van der Waals surface area contributed by atoms with Gasteiger partial charge in [0.15, 0.2) is 0 Å². The summed E-state index contributed by atoms with van der Waals surface area (Å²) in [6.07, 6.45) is 6.67. The van der Waals surface area contributed by atoms with Crippen molar-refractivity contribution in [2.75, 3.05) is 12.4 Å². The minimum Gasteiger partial charge on any atom is -0.339 e. The Morgan fingerprint density at radius 3 is 2.79 bits per heavy atom. The van der Waals surface area contributed by atoms with Crippen molar-refractivity contribution in [3.8, 4) is 0 Å². The van der Waals surface area contributed by atoms with Crippen molar-refractivity contribution < 1.29 is 4.79 Å². The number of hydrogen-bond acceptors (Lipinski definition) is 1. The maximum Gasteiger partial charge on any atom is 0.224 e. The molecule has 1 heterocycles. The first-order valence-electron chi connectivity index (χ1n) is 5.65. The molecule has 1 unspecified atom stereocenters. The Balaban J connectivity index is 2.15. The summed E-state index contributed by atoms with van der Waals surface area (Å²) in [5.41, 5.74) is 0. The molecule has 1 rings (SSSR count). The second kappa shape index (κ2) is 6.28. The van der Waals surface area contributed by atoms with Crippen LogP contribution in [0.15, 0.2) is 0 Å². The van der Waals surface area contributed by atoms with Crippen molar-refractivity contribution in [1.82, 2.24) is 4.90 Å². The summed E-state index contributed by atoms with van der Waals surface area (Å²) in [5.74, 6) is 0.975. The molecule has 1 amide bonds. The van der Waals surface area contributed by atoms with Crippen molar-refractivity contribution in [3.05, 3.63) is 0 Å². The number of carbonyl (C=O) groups excluding carboxylic acids is 1. The minimum absolute atomic E-state index is 0.316. The van der Waals surface area contributed by atoms with E-state index in [0.717, 1.165) is 19.4 Å². The molecule has 3 heteroatoms. The quantitative estimate of drug-likeness (QED) is 0.365. The lowest BCUT2D eigenvalue weighted by Gasteiger charge is -2.40. The summed E-state index contributed by atoms with van der Waals surface area (Å²) >= 11 is 5.61. The molecule has 0 spiro atoms. The zero-order chi connectivity index (χ0) is 10.4. The molecule has 1 saturated heterocycles. The maximum absolute atomic E-state index is 11.3. The average molecular weight is 218 g/mol. The number of amides is 1. The number of halogens is 1. The highest BCUT2D eigenvalue weighted by atomic mass is 35.5. The van der Waals surface area contributed by atoms with E-state index in [1.807, 2.05) is 4.90 Å². The lowest BCUT2D eigenvalue weighted by molar-refractivity contribution is -0.146. The molecule has 82 valence electrons. The van der Waals surface area contributed by atoms with Crippen LogP contribution in [0.5, 0.6) is 0 Å². The first kappa shape index (κ1) is 11.8. The van der Waals surface area contributed by atoms with Gasteiger partial charge in [0.25, 0.3) is 0 Å². The topological polar surface area (TPSA) is 20.3 Å². The number of hydrogen-bond donors (Lipinski definition) is 0. The molecular weight excluding hydrogens is 198 g/mol. The van der Waals surface area contributed by atoms with Gasteiger partial charge in [-0.2, -0.15) is 0 Å². The van der Waals surface area contributed by atoms with Gasteiger partial charge in [0.1, 0.15) is 0 Å². The third-order valence-electron chi connectivity index (χ3n) is 2.84. The number of unbranched alkanes of at least 4 members (excludes halogenated alkanes) is 2. The van der Waals surface area contributed by atoms with E-state index < -0.39 is 0 Å². The Bertz CT molecular complexity index is 184. The van der Waals surface area contributed by atoms with E-state index in [-0.39, 0.29) is 0 Å². The highest BCUT2D eigenvalue weighted by Gasteiger charge is 2.34. The summed E-state index contributed by atoms with van der Waals surface area (Å²) in [6, 6.07) is 0.525. The molecule has 0 aromatic carbocycles. The normalized spacial score (nSPS) is 21.1. The van der Waals surface area contributed by atoms with Gasteiger partial charge in [0.2, 0.25) is 5.91 Å². The van der Waals surface area contributed by atoms with Gasteiger partial charge in [-0.1, -0.05) is 26.2 Å². The Morgan fingerprint density at radius 1 is 1.43 bits per heavy atom. The molecule has 1 aliphatic heterocycles. The second-order valence-corrected chi connectivity index (χ2v) is 4.36. The number of likely N-dealkylation sites (tertiary alicyclic amines) is 1. The van der Waals surface area contributed by atoms with Crippen LogP contribution in [0.3, 0.4) is 0 Å². The zero-order valence-corrected chi connectivity index (χ0v) is 9.72. The standard InChI is InChI=1S/C11H20ClNO/c1-2-3-4-6-10-9-11(14)13(10)8-5-7-12/h10H,2-9H2,1H3. The molecule has 0 saturated carbocycles. The van der Waals surface area contributed by atoms with Crippen LogP contribution >= 0.6 is 11.6 Å². The van der Waals surface area contributed by atoms with E-state index in [0.29, 0.717) is 17.8 Å². The summed E-state index contributed by atoms with van der Waals surface area (Å²) in [5, 5.41) is 0. The Kier molecular flexibility index (Phi) is 5.31. The predicted molar refractivity (Wildman–Crippen MR) is 59.6 cm³/mol. The second-order valence-electron chi connectivity index (χ2n) is 3.98. The van der Waals surface area contributed by atoms with Gasteiger partial charge in [-0.25, -0.2) is 0 Å². The van der Waals surface area contributed by atoms with Crippen LogP contribution in [0.1, 0.15) is 45.4 Å². The van der Waals surface area contributed by atoms with Gasteiger partial charge < -0.3 is 4.90 Å². The molecule has 1 fully saturated rings. The minimum atomic E-state index is 0.316. The molecule has 0 bridgehead atoms. The van der Waals surface area contributed by atoms with E-state index in [4.69, 9.17) is 11.6 Å². The van der Waals surface area contributed by atoms with Crippen LogP contribution in [0.2, 0.25) is 0 Å². The van der Waals surface area contributed by atoms with Gasteiger partial charge in [-0.3, -0.25) is 4.79 Å². The van der Waals surface area contributed by atoms with Gasteiger partial charge in [-0.05, 0) is 12.8 Å². The number of alkyl halides is 1. The number of nitrogens with zero attached hydrogens (tertiary/aromatic N) is 1. The Labute approximate surface area is 91.6 Å². The van der Waals surface area contributed by atoms with Crippen LogP contribution in [0.4, 0.5) is 0 Å². The summed E-state index contributed by atoms with van der Waals surface area (Å²) in [6.45, 7) is 3.07. The first-order valence-corrected chi connectivity index (χ1v) is 6.18. The highest BCUT2D eigenvalue weighted by Crippen LogP contribution is 2.24.